The van der Waals surface area contributed by atoms with Gasteiger partial charge in [-0.1, -0.05) is 11.6 Å². The van der Waals surface area contributed by atoms with Crippen molar-refractivity contribution < 1.29 is 13.3 Å². The minimum Gasteiger partial charge on any atom is -0.384 e. The number of benzene rings is 1. The Morgan fingerprint density at radius 1 is 1.27 bits per heavy atom. The monoisotopic (exact) mass is 396 g/mol. The highest BCUT2D eigenvalue weighted by atomic mass is 35.5. The van der Waals surface area contributed by atoms with Crippen LogP contribution in [0.1, 0.15) is 0 Å². The van der Waals surface area contributed by atoms with E-state index in [4.69, 9.17) is 17.3 Å². The number of halogens is 1. The molecule has 3 aromatic rings. The second-order valence-corrected chi connectivity index (χ2v) is 8.56. The molecule has 4 N–H and O–H groups in total. The zero-order chi connectivity index (χ0) is 19.1. The van der Waals surface area contributed by atoms with Crippen LogP contribution in [0.5, 0.6) is 0 Å². The number of aromatic nitrogens is 3. The van der Waals surface area contributed by atoms with E-state index in [2.05, 4.69) is 10.2 Å². The van der Waals surface area contributed by atoms with Crippen molar-refractivity contribution in [3.8, 4) is 0 Å². The summed E-state index contributed by atoms with van der Waals surface area (Å²) in [6, 6.07) is 5.80. The molecule has 0 fully saturated rings. The Bertz CT molecular complexity index is 1120. The van der Waals surface area contributed by atoms with E-state index in [-0.39, 0.29) is 26.5 Å². The molecule has 0 radical (unpaired) electrons. The van der Waals surface area contributed by atoms with Crippen LogP contribution in [0.25, 0.3) is 10.9 Å². The van der Waals surface area contributed by atoms with Gasteiger partial charge in [-0.25, -0.2) is 13.5 Å². The number of nitrogens with one attached hydrogen (secondary N) is 2. The van der Waals surface area contributed by atoms with Crippen molar-refractivity contribution in [1.82, 2.24) is 14.8 Å². The third-order valence-corrected chi connectivity index (χ3v) is 6.21. The fraction of sp³-hybridized carbons (Fsp3) is 0.250. The lowest BCUT2D eigenvalue weighted by atomic mass is 10.3. The van der Waals surface area contributed by atoms with Gasteiger partial charge >= 0.3 is 0 Å². The largest absolute Gasteiger partial charge is 0.384 e. The molecule has 0 saturated heterocycles. The summed E-state index contributed by atoms with van der Waals surface area (Å²) in [5.41, 5.74) is 5.91. The van der Waals surface area contributed by atoms with Gasteiger partial charge in [0.05, 0.1) is 38.3 Å². The molecule has 10 heteroatoms. The molecule has 0 unspecified atom stereocenters. The van der Waals surface area contributed by atoms with E-state index < -0.39 is 15.4 Å². The Balaban J connectivity index is 2.30. The van der Waals surface area contributed by atoms with Gasteiger partial charge in [0.1, 0.15) is 16.2 Å². The molecule has 0 amide bonds. The van der Waals surface area contributed by atoms with E-state index >= 15 is 0 Å². The SMILES string of the molecule is C[NH+](C)CCn1c(N)c(S(=O)(=O)c2ccc(Cl)cc2)c2cn[nH]c(=O)c21. The highest BCUT2D eigenvalue weighted by molar-refractivity contribution is 7.92. The van der Waals surface area contributed by atoms with E-state index in [1.807, 2.05) is 14.1 Å². The maximum Gasteiger partial charge on any atom is 0.288 e. The van der Waals surface area contributed by atoms with Crippen LogP contribution in [-0.2, 0) is 16.4 Å². The molecule has 0 aliphatic rings. The lowest BCUT2D eigenvalue weighted by molar-refractivity contribution is -0.858. The van der Waals surface area contributed by atoms with Crippen LogP contribution >= 0.6 is 11.6 Å². The van der Waals surface area contributed by atoms with Crippen molar-refractivity contribution in [1.29, 1.82) is 0 Å². The highest BCUT2D eigenvalue weighted by Crippen LogP contribution is 2.34. The molecule has 26 heavy (non-hydrogen) atoms. The lowest BCUT2D eigenvalue weighted by Crippen LogP contribution is -3.06. The van der Waals surface area contributed by atoms with Gasteiger partial charge in [-0.3, -0.25) is 4.79 Å². The van der Waals surface area contributed by atoms with E-state index in [1.165, 1.54) is 35.0 Å². The highest BCUT2D eigenvalue weighted by Gasteiger charge is 2.29. The number of H-pyrrole nitrogens is 1. The topological polar surface area (TPSA) is 115 Å². The van der Waals surface area contributed by atoms with Crippen LogP contribution in [-0.4, -0.2) is 43.8 Å². The summed E-state index contributed by atoms with van der Waals surface area (Å²) in [7, 11) is -0.0368. The predicted molar refractivity (Wildman–Crippen MR) is 99.3 cm³/mol. The first kappa shape index (κ1) is 18.4. The number of nitrogen functional groups attached to an aromatic ring is 1. The standard InChI is InChI=1S/C16H18ClN5O3S/c1-21(2)7-8-22-13-12(9-19-20-16(13)23)14(15(22)18)26(24,25)11-5-3-10(17)4-6-11/h3-6,9H,7-8,18H2,1-2H3,(H,20,23)/p+1. The van der Waals surface area contributed by atoms with Crippen molar-refractivity contribution in [2.75, 3.05) is 26.4 Å². The number of likely N-dealkylation sites (N-methyl/N-ethyl adjacent to an activating group) is 1. The summed E-state index contributed by atoms with van der Waals surface area (Å²) in [4.78, 5) is 13.4. The fourth-order valence-corrected chi connectivity index (χ4v) is 4.47. The van der Waals surface area contributed by atoms with Gasteiger partial charge in [-0.15, -0.1) is 0 Å². The molecule has 8 nitrogen and oxygen atoms in total. The number of quaternary nitrogens is 1. The van der Waals surface area contributed by atoms with Gasteiger partial charge in [0.25, 0.3) is 5.56 Å². The summed E-state index contributed by atoms with van der Waals surface area (Å²) < 4.78 is 27.9. The maximum absolute atomic E-state index is 13.2. The zero-order valence-electron chi connectivity index (χ0n) is 14.3. The summed E-state index contributed by atoms with van der Waals surface area (Å²) in [5.74, 6) is 0.0229. The molecule has 2 heterocycles. The Labute approximate surface area is 155 Å². The first-order valence-corrected chi connectivity index (χ1v) is 9.74. The number of aromatic amines is 1. The molecular formula is C16H19ClN5O3S+. The summed E-state index contributed by atoms with van der Waals surface area (Å²) >= 11 is 5.85. The average Bonchev–Trinajstić information content (AvgIpc) is 2.86. The lowest BCUT2D eigenvalue weighted by Gasteiger charge is -2.11. The quantitative estimate of drug-likeness (QED) is 0.558. The van der Waals surface area contributed by atoms with Crippen molar-refractivity contribution in [2.45, 2.75) is 16.3 Å². The smallest absolute Gasteiger partial charge is 0.288 e. The second-order valence-electron chi connectivity index (χ2n) is 6.24. The average molecular weight is 397 g/mol. The molecule has 0 bridgehead atoms. The third kappa shape index (κ3) is 3.09. The van der Waals surface area contributed by atoms with Crippen molar-refractivity contribution in [3.05, 3.63) is 45.8 Å². The first-order valence-electron chi connectivity index (χ1n) is 7.88. The number of fused-ring (bicyclic) bond motifs is 1. The van der Waals surface area contributed by atoms with E-state index in [1.54, 1.807) is 0 Å². The molecule has 1 aromatic carbocycles. The number of anilines is 1. The van der Waals surface area contributed by atoms with Crippen molar-refractivity contribution in [3.63, 3.8) is 0 Å². The van der Waals surface area contributed by atoms with Crippen LogP contribution in [0, 0.1) is 0 Å². The van der Waals surface area contributed by atoms with Gasteiger partial charge in [-0.05, 0) is 24.3 Å². The summed E-state index contributed by atoms with van der Waals surface area (Å²) in [5, 5.41) is 6.71. The number of nitrogens with zero attached hydrogens (tertiary/aromatic N) is 2. The van der Waals surface area contributed by atoms with Gasteiger partial charge in [0.2, 0.25) is 9.84 Å². The number of rotatable bonds is 5. The zero-order valence-corrected chi connectivity index (χ0v) is 15.9. The third-order valence-electron chi connectivity index (χ3n) is 4.10. The van der Waals surface area contributed by atoms with Crippen LogP contribution in [0.4, 0.5) is 5.82 Å². The maximum atomic E-state index is 13.2. The molecule has 0 spiro atoms. The van der Waals surface area contributed by atoms with E-state index in [0.717, 1.165) is 4.90 Å². The normalized spacial score (nSPS) is 12.2. The Morgan fingerprint density at radius 3 is 2.54 bits per heavy atom. The predicted octanol–water partition coefficient (Wildman–Crippen LogP) is -0.0625. The number of hydrogen-bond acceptors (Lipinski definition) is 5. The molecule has 3 rings (SSSR count). The molecule has 138 valence electrons. The molecule has 0 aliphatic carbocycles. The molecule has 0 saturated carbocycles. The Kier molecular flexibility index (Phi) is 4.78. The summed E-state index contributed by atoms with van der Waals surface area (Å²) in [6.07, 6.45) is 1.31. The van der Waals surface area contributed by atoms with Gasteiger partial charge in [-0.2, -0.15) is 5.10 Å². The second kappa shape index (κ2) is 6.75. The molecular weight excluding hydrogens is 378 g/mol. The van der Waals surface area contributed by atoms with E-state index in [0.29, 0.717) is 18.1 Å². The number of nitrogens with two attached hydrogens (primary N) is 1. The minimum atomic E-state index is -3.95. The number of hydrogen-bond donors (Lipinski definition) is 3. The van der Waals surface area contributed by atoms with Gasteiger partial charge < -0.3 is 15.2 Å². The number of sulfone groups is 1. The molecule has 2 aromatic heterocycles. The Hall–Kier alpha value is -2.36. The van der Waals surface area contributed by atoms with Crippen molar-refractivity contribution >= 4 is 38.2 Å². The van der Waals surface area contributed by atoms with Crippen molar-refractivity contribution in [2.24, 2.45) is 0 Å². The first-order chi connectivity index (χ1) is 12.2. The Morgan fingerprint density at radius 2 is 1.92 bits per heavy atom. The summed E-state index contributed by atoms with van der Waals surface area (Å²) in [6.45, 7) is 1.06. The van der Waals surface area contributed by atoms with Crippen LogP contribution in [0.2, 0.25) is 5.02 Å². The molecule has 0 aliphatic heterocycles. The van der Waals surface area contributed by atoms with Crippen LogP contribution in [0.3, 0.4) is 0 Å². The van der Waals surface area contributed by atoms with Crippen LogP contribution in [0.15, 0.2) is 45.0 Å². The van der Waals surface area contributed by atoms with E-state index in [9.17, 15) is 13.2 Å². The van der Waals surface area contributed by atoms with Gasteiger partial charge in [0, 0.05) is 10.4 Å². The fourth-order valence-electron chi connectivity index (χ4n) is 2.79. The van der Waals surface area contributed by atoms with Gasteiger partial charge in [0.15, 0.2) is 0 Å². The minimum absolute atomic E-state index is 0.0229. The molecule has 0 atom stereocenters. The van der Waals surface area contributed by atoms with Crippen LogP contribution < -0.4 is 16.2 Å².